The molecule has 1 aliphatic heterocycles. The Morgan fingerprint density at radius 3 is 2.94 bits per heavy atom. The largest absolute Gasteiger partial charge is 0.384 e. The smallest absolute Gasteiger partial charge is 0.110 e. The summed E-state index contributed by atoms with van der Waals surface area (Å²) in [5.41, 5.74) is 1.40. The third kappa shape index (κ3) is 3.80. The molecule has 0 radical (unpaired) electrons. The molecule has 1 aliphatic rings. The maximum Gasteiger partial charge on any atom is 0.110 e. The highest BCUT2D eigenvalue weighted by molar-refractivity contribution is 5.53. The maximum atomic E-state index is 10.4. The van der Waals surface area contributed by atoms with Crippen molar-refractivity contribution < 1.29 is 4.74 Å². The summed E-state index contributed by atoms with van der Waals surface area (Å²) in [6.07, 6.45) is 0. The van der Waals surface area contributed by atoms with Crippen molar-refractivity contribution in [3.63, 3.8) is 0 Å². The quantitative estimate of drug-likeness (QED) is 0.791. The number of hydrogen-bond donors (Lipinski definition) is 1. The van der Waals surface area contributed by atoms with Gasteiger partial charge in [-0.25, -0.2) is 0 Å². The Morgan fingerprint density at radius 2 is 2.18 bits per heavy atom. The molecule has 0 aliphatic carbocycles. The number of ether oxygens (including phenoxy) is 1. The Labute approximate surface area is 101 Å². The lowest BCUT2D eigenvalue weighted by molar-refractivity contribution is 0.0398. The number of anilines is 1. The zero-order valence-electron chi connectivity index (χ0n) is 9.76. The van der Waals surface area contributed by atoms with Gasteiger partial charge < -0.3 is 10.1 Å². The SMILES string of the molecule is O=Nc1cccc(NCCN2CCOCC2)c1. The van der Waals surface area contributed by atoms with Crippen LogP contribution >= 0.6 is 0 Å². The lowest BCUT2D eigenvalue weighted by Gasteiger charge is -2.26. The first-order valence-electron chi connectivity index (χ1n) is 5.86. The van der Waals surface area contributed by atoms with Crippen LogP contribution in [0.1, 0.15) is 0 Å². The third-order valence-corrected chi connectivity index (χ3v) is 2.81. The van der Waals surface area contributed by atoms with Gasteiger partial charge in [0.15, 0.2) is 0 Å². The molecule has 0 unspecified atom stereocenters. The number of hydrogen-bond acceptors (Lipinski definition) is 5. The van der Waals surface area contributed by atoms with Crippen molar-refractivity contribution in [1.29, 1.82) is 0 Å². The first-order chi connectivity index (χ1) is 8.38. The Hall–Kier alpha value is -1.46. The van der Waals surface area contributed by atoms with Crippen LogP contribution in [0.4, 0.5) is 11.4 Å². The van der Waals surface area contributed by atoms with Gasteiger partial charge in [-0.3, -0.25) is 4.90 Å². The van der Waals surface area contributed by atoms with Gasteiger partial charge in [0.25, 0.3) is 0 Å². The normalized spacial score (nSPS) is 16.7. The summed E-state index contributed by atoms with van der Waals surface area (Å²) in [4.78, 5) is 12.7. The average Bonchev–Trinajstić information content (AvgIpc) is 2.40. The van der Waals surface area contributed by atoms with Crippen molar-refractivity contribution in [2.45, 2.75) is 0 Å². The number of rotatable bonds is 5. The second kappa shape index (κ2) is 6.32. The van der Waals surface area contributed by atoms with E-state index in [9.17, 15) is 4.91 Å². The summed E-state index contributed by atoms with van der Waals surface area (Å²) in [6, 6.07) is 7.22. The number of nitrogens with one attached hydrogen (secondary N) is 1. The van der Waals surface area contributed by atoms with Crippen LogP contribution in [0.25, 0.3) is 0 Å². The van der Waals surface area contributed by atoms with E-state index in [-0.39, 0.29) is 0 Å². The van der Waals surface area contributed by atoms with Gasteiger partial charge in [0.05, 0.1) is 13.2 Å². The van der Waals surface area contributed by atoms with Crippen molar-refractivity contribution in [2.24, 2.45) is 5.18 Å². The van der Waals surface area contributed by atoms with E-state index in [0.717, 1.165) is 45.1 Å². The molecule has 92 valence electrons. The first kappa shape index (κ1) is 12.0. The number of nitroso groups, excluding NO2 is 1. The van der Waals surface area contributed by atoms with Crippen LogP contribution < -0.4 is 5.32 Å². The molecule has 0 amide bonds. The highest BCUT2D eigenvalue weighted by atomic mass is 16.5. The van der Waals surface area contributed by atoms with Gasteiger partial charge in [0.1, 0.15) is 5.69 Å². The van der Waals surface area contributed by atoms with Crippen LogP contribution in [0.3, 0.4) is 0 Å². The van der Waals surface area contributed by atoms with Crippen molar-refractivity contribution in [1.82, 2.24) is 4.90 Å². The summed E-state index contributed by atoms with van der Waals surface area (Å²) in [7, 11) is 0. The molecule has 0 atom stereocenters. The molecule has 0 spiro atoms. The molecule has 1 aromatic rings. The van der Waals surface area contributed by atoms with E-state index in [2.05, 4.69) is 15.4 Å². The molecule has 1 aromatic carbocycles. The number of benzene rings is 1. The molecule has 5 nitrogen and oxygen atoms in total. The van der Waals surface area contributed by atoms with Gasteiger partial charge in [0.2, 0.25) is 0 Å². The minimum atomic E-state index is 0.460. The van der Waals surface area contributed by atoms with Gasteiger partial charge in [-0.1, -0.05) is 6.07 Å². The van der Waals surface area contributed by atoms with Gasteiger partial charge in [-0.05, 0) is 23.4 Å². The highest BCUT2D eigenvalue weighted by Crippen LogP contribution is 2.16. The van der Waals surface area contributed by atoms with Gasteiger partial charge in [-0.2, -0.15) is 0 Å². The van der Waals surface area contributed by atoms with Crippen LogP contribution in [0.15, 0.2) is 29.4 Å². The fourth-order valence-electron chi connectivity index (χ4n) is 1.86. The molecule has 5 heteroatoms. The van der Waals surface area contributed by atoms with Gasteiger partial charge in [0, 0.05) is 31.9 Å². The first-order valence-corrected chi connectivity index (χ1v) is 5.86. The lowest BCUT2D eigenvalue weighted by Crippen LogP contribution is -2.38. The molecule has 2 rings (SSSR count). The minimum absolute atomic E-state index is 0.460. The van der Waals surface area contributed by atoms with Crippen molar-refractivity contribution in [2.75, 3.05) is 44.7 Å². The van der Waals surface area contributed by atoms with E-state index in [4.69, 9.17) is 4.74 Å². The van der Waals surface area contributed by atoms with E-state index >= 15 is 0 Å². The summed E-state index contributed by atoms with van der Waals surface area (Å²) in [5, 5.41) is 6.20. The van der Waals surface area contributed by atoms with Gasteiger partial charge in [-0.15, -0.1) is 4.91 Å². The predicted octanol–water partition coefficient (Wildman–Crippen LogP) is 1.83. The Kier molecular flexibility index (Phi) is 4.46. The van der Waals surface area contributed by atoms with Crippen molar-refractivity contribution in [3.8, 4) is 0 Å². The standard InChI is InChI=1S/C12H17N3O2/c16-14-12-3-1-2-11(10-12)13-4-5-15-6-8-17-9-7-15/h1-3,10,13H,4-9H2. The average molecular weight is 235 g/mol. The Bertz CT molecular complexity index is 365. The van der Waals surface area contributed by atoms with Crippen molar-refractivity contribution >= 4 is 11.4 Å². The van der Waals surface area contributed by atoms with E-state index in [1.54, 1.807) is 12.1 Å². The molecular weight excluding hydrogens is 218 g/mol. The summed E-state index contributed by atoms with van der Waals surface area (Å²) >= 11 is 0. The van der Waals surface area contributed by atoms with E-state index in [0.29, 0.717) is 5.69 Å². The van der Waals surface area contributed by atoms with Gasteiger partial charge >= 0.3 is 0 Å². The second-order valence-corrected chi connectivity index (χ2v) is 4.02. The molecule has 0 saturated carbocycles. The second-order valence-electron chi connectivity index (χ2n) is 4.02. The minimum Gasteiger partial charge on any atom is -0.384 e. The molecular formula is C12H17N3O2. The number of nitrogens with zero attached hydrogens (tertiary/aromatic N) is 2. The Morgan fingerprint density at radius 1 is 1.35 bits per heavy atom. The van der Waals surface area contributed by atoms with Crippen LogP contribution in [-0.2, 0) is 4.74 Å². The Balaban J connectivity index is 1.75. The molecule has 0 aromatic heterocycles. The molecule has 1 N–H and O–H groups in total. The van der Waals surface area contributed by atoms with E-state index in [1.165, 1.54) is 0 Å². The van der Waals surface area contributed by atoms with Crippen LogP contribution in [0, 0.1) is 4.91 Å². The highest BCUT2D eigenvalue weighted by Gasteiger charge is 2.08. The summed E-state index contributed by atoms with van der Waals surface area (Å²) < 4.78 is 5.29. The number of morpholine rings is 1. The van der Waals surface area contributed by atoms with E-state index < -0.39 is 0 Å². The van der Waals surface area contributed by atoms with Crippen molar-refractivity contribution in [3.05, 3.63) is 29.2 Å². The monoisotopic (exact) mass is 235 g/mol. The molecule has 1 saturated heterocycles. The van der Waals surface area contributed by atoms with E-state index in [1.807, 2.05) is 12.1 Å². The van der Waals surface area contributed by atoms with Crippen LogP contribution in [-0.4, -0.2) is 44.3 Å². The maximum absolute atomic E-state index is 10.4. The summed E-state index contributed by atoms with van der Waals surface area (Å²) in [6.45, 7) is 5.49. The molecule has 0 bridgehead atoms. The zero-order valence-corrected chi connectivity index (χ0v) is 9.76. The fraction of sp³-hybridized carbons (Fsp3) is 0.500. The van der Waals surface area contributed by atoms with Crippen LogP contribution in [0.5, 0.6) is 0 Å². The molecule has 1 fully saturated rings. The van der Waals surface area contributed by atoms with Crippen LogP contribution in [0.2, 0.25) is 0 Å². The summed E-state index contributed by atoms with van der Waals surface area (Å²) in [5.74, 6) is 0. The molecule has 17 heavy (non-hydrogen) atoms. The molecule has 1 heterocycles. The predicted molar refractivity (Wildman–Crippen MR) is 67.6 cm³/mol. The third-order valence-electron chi connectivity index (χ3n) is 2.81. The fourth-order valence-corrected chi connectivity index (χ4v) is 1.86. The topological polar surface area (TPSA) is 53.9 Å². The lowest BCUT2D eigenvalue weighted by atomic mass is 10.3. The zero-order chi connectivity index (χ0) is 11.9.